The van der Waals surface area contributed by atoms with Gasteiger partial charge in [0.15, 0.2) is 11.6 Å². The summed E-state index contributed by atoms with van der Waals surface area (Å²) < 4.78 is 48.1. The minimum absolute atomic E-state index is 0.00569. The molecule has 1 aromatic heterocycles. The van der Waals surface area contributed by atoms with Gasteiger partial charge in [0.2, 0.25) is 0 Å². The van der Waals surface area contributed by atoms with Crippen LogP contribution in [-0.4, -0.2) is 54.3 Å². The number of alkyl halides is 3. The molecule has 10 heteroatoms. The molecule has 2 rings (SSSR count). The van der Waals surface area contributed by atoms with Crippen molar-refractivity contribution in [2.24, 2.45) is 0 Å². The SMILES string of the molecule is C=CCN(CC(C)c1ccc(OCC(=O)OC)cc1)CC(O)c1csc(C(F)(F)F)n1. The van der Waals surface area contributed by atoms with E-state index in [-0.39, 0.29) is 24.8 Å². The van der Waals surface area contributed by atoms with E-state index >= 15 is 0 Å². The summed E-state index contributed by atoms with van der Waals surface area (Å²) in [5, 5.41) is 10.6. The molecule has 0 spiro atoms. The number of hydrogen-bond donors (Lipinski definition) is 1. The van der Waals surface area contributed by atoms with Gasteiger partial charge in [-0.3, -0.25) is 4.90 Å². The second-order valence-corrected chi connectivity index (χ2v) is 7.79. The molecule has 0 saturated carbocycles. The maximum absolute atomic E-state index is 12.8. The zero-order valence-corrected chi connectivity index (χ0v) is 18.1. The van der Waals surface area contributed by atoms with Crippen molar-refractivity contribution in [3.8, 4) is 5.75 Å². The Balaban J connectivity index is 1.97. The van der Waals surface area contributed by atoms with Crippen molar-refractivity contribution < 1.29 is 32.5 Å². The van der Waals surface area contributed by atoms with Crippen LogP contribution in [0.1, 0.15) is 35.2 Å². The minimum Gasteiger partial charge on any atom is -0.482 e. The summed E-state index contributed by atoms with van der Waals surface area (Å²) in [6.45, 7) is 6.65. The van der Waals surface area contributed by atoms with Crippen LogP contribution in [0.5, 0.6) is 5.75 Å². The first-order valence-electron chi connectivity index (χ1n) is 9.47. The predicted octanol–water partition coefficient (Wildman–Crippen LogP) is 4.04. The molecule has 6 nitrogen and oxygen atoms in total. The average Bonchev–Trinajstić information content (AvgIpc) is 3.23. The van der Waals surface area contributed by atoms with Crippen LogP contribution in [0.3, 0.4) is 0 Å². The fourth-order valence-electron chi connectivity index (χ4n) is 2.90. The van der Waals surface area contributed by atoms with Crippen LogP contribution >= 0.6 is 11.3 Å². The molecule has 1 aromatic carbocycles. The van der Waals surface area contributed by atoms with Crippen LogP contribution < -0.4 is 4.74 Å². The number of carbonyl (C=O) groups excluding carboxylic acids is 1. The maximum Gasteiger partial charge on any atom is 0.443 e. The second-order valence-electron chi connectivity index (χ2n) is 6.93. The third-order valence-electron chi connectivity index (χ3n) is 4.49. The molecule has 31 heavy (non-hydrogen) atoms. The van der Waals surface area contributed by atoms with Crippen molar-refractivity contribution in [3.05, 3.63) is 58.6 Å². The molecule has 0 amide bonds. The van der Waals surface area contributed by atoms with Gasteiger partial charge in [0, 0.05) is 25.0 Å². The Bertz CT molecular complexity index is 855. The topological polar surface area (TPSA) is 71.9 Å². The molecule has 0 fully saturated rings. The molecule has 0 aliphatic carbocycles. The highest BCUT2D eigenvalue weighted by atomic mass is 32.1. The van der Waals surface area contributed by atoms with Crippen molar-refractivity contribution in [1.29, 1.82) is 0 Å². The number of nitrogens with zero attached hydrogens (tertiary/aromatic N) is 2. The highest BCUT2D eigenvalue weighted by Gasteiger charge is 2.35. The van der Waals surface area contributed by atoms with Crippen molar-refractivity contribution in [1.82, 2.24) is 9.88 Å². The summed E-state index contributed by atoms with van der Waals surface area (Å²) in [7, 11) is 1.28. The number of aliphatic hydroxyl groups is 1. The van der Waals surface area contributed by atoms with Crippen LogP contribution in [0.4, 0.5) is 13.2 Å². The molecule has 0 radical (unpaired) electrons. The van der Waals surface area contributed by atoms with Gasteiger partial charge in [-0.15, -0.1) is 17.9 Å². The van der Waals surface area contributed by atoms with E-state index in [0.29, 0.717) is 30.2 Å². The van der Waals surface area contributed by atoms with Crippen LogP contribution in [-0.2, 0) is 15.7 Å². The maximum atomic E-state index is 12.8. The van der Waals surface area contributed by atoms with E-state index < -0.39 is 23.3 Å². The number of halogens is 3. The lowest BCUT2D eigenvalue weighted by atomic mass is 10.00. The molecule has 2 unspecified atom stereocenters. The van der Waals surface area contributed by atoms with E-state index in [4.69, 9.17) is 4.74 Å². The van der Waals surface area contributed by atoms with E-state index in [1.165, 1.54) is 12.5 Å². The predicted molar refractivity (Wildman–Crippen MR) is 111 cm³/mol. The standard InChI is InChI=1S/C21H25F3N2O4S/c1-4-9-26(11-18(27)17-13-31-20(25-17)21(22,23)24)10-14(2)15-5-7-16(8-6-15)30-12-19(28)29-3/h4-8,13-14,18,27H,1,9-12H2,2-3H3. The quantitative estimate of drug-likeness (QED) is 0.405. The van der Waals surface area contributed by atoms with Crippen molar-refractivity contribution in [2.75, 3.05) is 33.4 Å². The second kappa shape index (κ2) is 11.3. The first-order chi connectivity index (χ1) is 14.6. The summed E-state index contributed by atoms with van der Waals surface area (Å²) in [4.78, 5) is 16.6. The fraction of sp³-hybridized carbons (Fsp3) is 0.429. The summed E-state index contributed by atoms with van der Waals surface area (Å²) in [6.07, 6.45) is -4.00. The third-order valence-corrected chi connectivity index (χ3v) is 5.40. The summed E-state index contributed by atoms with van der Waals surface area (Å²) in [5.41, 5.74) is 1.01. The van der Waals surface area contributed by atoms with Crippen LogP contribution in [0.15, 0.2) is 42.3 Å². The number of aliphatic hydroxyl groups excluding tert-OH is 1. The van der Waals surface area contributed by atoms with E-state index in [1.54, 1.807) is 18.2 Å². The lowest BCUT2D eigenvalue weighted by molar-refractivity contribution is -0.143. The molecule has 1 N–H and O–H groups in total. The van der Waals surface area contributed by atoms with Gasteiger partial charge in [-0.25, -0.2) is 9.78 Å². The third kappa shape index (κ3) is 7.64. The molecule has 1 heterocycles. The lowest BCUT2D eigenvalue weighted by Gasteiger charge is -2.26. The molecular weight excluding hydrogens is 433 g/mol. The number of methoxy groups -OCH3 is 1. The van der Waals surface area contributed by atoms with E-state index in [1.807, 2.05) is 24.0 Å². The van der Waals surface area contributed by atoms with Crippen LogP contribution in [0.2, 0.25) is 0 Å². The average molecular weight is 459 g/mol. The van der Waals surface area contributed by atoms with Crippen LogP contribution in [0.25, 0.3) is 0 Å². The number of aromatic nitrogens is 1. The van der Waals surface area contributed by atoms with E-state index in [2.05, 4.69) is 16.3 Å². The van der Waals surface area contributed by atoms with Gasteiger partial charge < -0.3 is 14.6 Å². The summed E-state index contributed by atoms with van der Waals surface area (Å²) in [6, 6.07) is 7.23. The van der Waals surface area contributed by atoms with Gasteiger partial charge in [0.25, 0.3) is 0 Å². The van der Waals surface area contributed by atoms with Gasteiger partial charge >= 0.3 is 12.1 Å². The van der Waals surface area contributed by atoms with Gasteiger partial charge in [-0.05, 0) is 23.6 Å². The first kappa shape index (κ1) is 24.8. The Morgan fingerprint density at radius 2 is 2.00 bits per heavy atom. The fourth-order valence-corrected chi connectivity index (χ4v) is 3.63. The first-order valence-corrected chi connectivity index (χ1v) is 10.4. The van der Waals surface area contributed by atoms with Crippen LogP contribution in [0, 0.1) is 0 Å². The molecule has 0 aliphatic rings. The number of carbonyl (C=O) groups is 1. The van der Waals surface area contributed by atoms with Crippen molar-refractivity contribution >= 4 is 17.3 Å². The molecule has 170 valence electrons. The number of rotatable bonds is 11. The Hall–Kier alpha value is -2.43. The highest BCUT2D eigenvalue weighted by molar-refractivity contribution is 7.09. The highest BCUT2D eigenvalue weighted by Crippen LogP contribution is 2.33. The summed E-state index contributed by atoms with van der Waals surface area (Å²) >= 11 is 0.469. The normalized spacial score (nSPS) is 13.6. The van der Waals surface area contributed by atoms with Gasteiger partial charge in [0.1, 0.15) is 11.9 Å². The monoisotopic (exact) mass is 458 g/mol. The number of esters is 1. The van der Waals surface area contributed by atoms with Gasteiger partial charge in [0.05, 0.1) is 12.8 Å². The summed E-state index contributed by atoms with van der Waals surface area (Å²) in [5.74, 6) is 0.116. The smallest absolute Gasteiger partial charge is 0.443 e. The Morgan fingerprint density at radius 3 is 2.55 bits per heavy atom. The largest absolute Gasteiger partial charge is 0.482 e. The minimum atomic E-state index is -4.52. The van der Waals surface area contributed by atoms with Gasteiger partial charge in [-0.2, -0.15) is 13.2 Å². The zero-order valence-electron chi connectivity index (χ0n) is 17.3. The number of benzene rings is 1. The Morgan fingerprint density at radius 1 is 1.32 bits per heavy atom. The number of ether oxygens (including phenoxy) is 2. The Labute approximate surface area is 182 Å². The molecule has 0 aliphatic heterocycles. The van der Waals surface area contributed by atoms with Gasteiger partial charge in [-0.1, -0.05) is 25.1 Å². The van der Waals surface area contributed by atoms with Crippen molar-refractivity contribution in [2.45, 2.75) is 25.1 Å². The number of hydrogen-bond acceptors (Lipinski definition) is 7. The molecule has 0 bridgehead atoms. The molecule has 0 saturated heterocycles. The molecule has 2 aromatic rings. The lowest BCUT2D eigenvalue weighted by Crippen LogP contribution is -2.32. The zero-order chi connectivity index (χ0) is 23.0. The molecular formula is C21H25F3N2O4S. The van der Waals surface area contributed by atoms with Crippen molar-refractivity contribution in [3.63, 3.8) is 0 Å². The Kier molecular flexibility index (Phi) is 9.02. The van der Waals surface area contributed by atoms with E-state index in [0.717, 1.165) is 5.56 Å². The molecule has 2 atom stereocenters. The number of thiazole rings is 1. The van der Waals surface area contributed by atoms with E-state index in [9.17, 15) is 23.1 Å².